The zero-order valence-corrected chi connectivity index (χ0v) is 10.7. The molecule has 0 aliphatic rings. The normalized spacial score (nSPS) is 10.7. The van der Waals surface area contributed by atoms with Gasteiger partial charge in [-0.2, -0.15) is 0 Å². The van der Waals surface area contributed by atoms with Crippen LogP contribution in [0.2, 0.25) is 0 Å². The van der Waals surface area contributed by atoms with Crippen molar-refractivity contribution in [1.29, 1.82) is 0 Å². The Morgan fingerprint density at radius 1 is 0.900 bits per heavy atom. The molecule has 0 saturated carbocycles. The van der Waals surface area contributed by atoms with Crippen LogP contribution in [-0.4, -0.2) is 5.11 Å². The van der Waals surface area contributed by atoms with Crippen molar-refractivity contribution in [3.63, 3.8) is 0 Å². The third-order valence-electron chi connectivity index (χ3n) is 3.18. The second-order valence-electron chi connectivity index (χ2n) is 4.47. The smallest absolute Gasteiger partial charge is 0.168 e. The highest BCUT2D eigenvalue weighted by atomic mass is 19.1. The van der Waals surface area contributed by atoms with E-state index in [9.17, 15) is 9.50 Å². The Kier molecular flexibility index (Phi) is 3.35. The van der Waals surface area contributed by atoms with Crippen molar-refractivity contribution >= 4 is 10.8 Å². The van der Waals surface area contributed by atoms with E-state index in [0.717, 1.165) is 10.8 Å². The van der Waals surface area contributed by atoms with Crippen molar-refractivity contribution in [3.8, 4) is 11.5 Å². The molecule has 3 heteroatoms. The van der Waals surface area contributed by atoms with E-state index >= 15 is 0 Å². The molecule has 0 atom stereocenters. The Morgan fingerprint density at radius 2 is 1.65 bits per heavy atom. The molecule has 0 bridgehead atoms. The van der Waals surface area contributed by atoms with Crippen LogP contribution in [0.3, 0.4) is 0 Å². The number of aliphatic hydroxyl groups excluding tert-OH is 1. The lowest BCUT2D eigenvalue weighted by atomic mass is 10.1. The summed E-state index contributed by atoms with van der Waals surface area (Å²) in [5, 5.41) is 11.2. The molecule has 0 aliphatic carbocycles. The van der Waals surface area contributed by atoms with E-state index in [2.05, 4.69) is 0 Å². The van der Waals surface area contributed by atoms with Gasteiger partial charge in [-0.1, -0.05) is 48.5 Å². The van der Waals surface area contributed by atoms with Crippen molar-refractivity contribution in [1.82, 2.24) is 0 Å². The summed E-state index contributed by atoms with van der Waals surface area (Å²) in [5.74, 6) is 0.165. The van der Waals surface area contributed by atoms with Crippen LogP contribution in [0.4, 0.5) is 4.39 Å². The maximum atomic E-state index is 13.9. The predicted molar refractivity (Wildman–Crippen MR) is 76.3 cm³/mol. The van der Waals surface area contributed by atoms with Gasteiger partial charge in [0.1, 0.15) is 5.75 Å². The molecular weight excluding hydrogens is 255 g/mol. The second-order valence-corrected chi connectivity index (χ2v) is 4.47. The quantitative estimate of drug-likeness (QED) is 0.769. The van der Waals surface area contributed by atoms with Gasteiger partial charge in [0.25, 0.3) is 0 Å². The number of para-hydroxylation sites is 1. The maximum absolute atomic E-state index is 13.9. The van der Waals surface area contributed by atoms with Crippen molar-refractivity contribution in [2.45, 2.75) is 6.61 Å². The van der Waals surface area contributed by atoms with Gasteiger partial charge in [0.05, 0.1) is 6.61 Å². The molecule has 0 aromatic heterocycles. The average Bonchev–Trinajstić information content (AvgIpc) is 2.49. The molecule has 0 amide bonds. The summed E-state index contributed by atoms with van der Waals surface area (Å²) in [6, 6.07) is 17.9. The first kappa shape index (κ1) is 12.6. The van der Waals surface area contributed by atoms with Crippen molar-refractivity contribution in [2.24, 2.45) is 0 Å². The van der Waals surface area contributed by atoms with Crippen molar-refractivity contribution in [3.05, 3.63) is 72.0 Å². The standard InChI is InChI=1S/C17H13FO2/c18-15-9-3-7-13(11-19)17(15)20-16-10-4-6-12-5-1-2-8-14(12)16/h1-10,19H,11H2. The van der Waals surface area contributed by atoms with Crippen LogP contribution in [0.25, 0.3) is 10.8 Å². The molecule has 20 heavy (non-hydrogen) atoms. The molecule has 0 saturated heterocycles. The third kappa shape index (κ3) is 2.24. The number of rotatable bonds is 3. The molecule has 3 rings (SSSR count). The van der Waals surface area contributed by atoms with Gasteiger partial charge in [0.15, 0.2) is 11.6 Å². The van der Waals surface area contributed by atoms with E-state index in [4.69, 9.17) is 4.74 Å². The van der Waals surface area contributed by atoms with E-state index in [0.29, 0.717) is 11.3 Å². The van der Waals surface area contributed by atoms with E-state index in [-0.39, 0.29) is 12.4 Å². The minimum Gasteiger partial charge on any atom is -0.453 e. The molecule has 100 valence electrons. The third-order valence-corrected chi connectivity index (χ3v) is 3.18. The molecule has 1 N–H and O–H groups in total. The van der Waals surface area contributed by atoms with Gasteiger partial charge < -0.3 is 9.84 Å². The van der Waals surface area contributed by atoms with E-state index in [1.165, 1.54) is 6.07 Å². The number of aliphatic hydroxyl groups is 1. The highest BCUT2D eigenvalue weighted by Gasteiger charge is 2.11. The highest BCUT2D eigenvalue weighted by Crippen LogP contribution is 2.33. The fourth-order valence-corrected chi connectivity index (χ4v) is 2.19. The topological polar surface area (TPSA) is 29.5 Å². The van der Waals surface area contributed by atoms with E-state index in [1.807, 2.05) is 36.4 Å². The van der Waals surface area contributed by atoms with Gasteiger partial charge >= 0.3 is 0 Å². The fourth-order valence-electron chi connectivity index (χ4n) is 2.19. The van der Waals surface area contributed by atoms with E-state index < -0.39 is 5.82 Å². The minimum atomic E-state index is -0.482. The van der Waals surface area contributed by atoms with Crippen molar-refractivity contribution < 1.29 is 14.2 Å². The van der Waals surface area contributed by atoms with Crippen LogP contribution in [-0.2, 0) is 6.61 Å². The number of benzene rings is 3. The van der Waals surface area contributed by atoms with Crippen LogP contribution in [0.5, 0.6) is 11.5 Å². The molecule has 3 aromatic rings. The summed E-state index contributed by atoms with van der Waals surface area (Å²) >= 11 is 0. The Labute approximate surface area is 116 Å². The molecular formula is C17H13FO2. The van der Waals surface area contributed by atoms with E-state index in [1.54, 1.807) is 18.2 Å². The predicted octanol–water partition coefficient (Wildman–Crippen LogP) is 4.26. The summed E-state index contributed by atoms with van der Waals surface area (Å²) in [6.45, 7) is -0.266. The maximum Gasteiger partial charge on any atom is 0.168 e. The zero-order chi connectivity index (χ0) is 13.9. The molecule has 3 aromatic carbocycles. The van der Waals surface area contributed by atoms with Gasteiger partial charge in [-0.05, 0) is 17.5 Å². The first-order valence-corrected chi connectivity index (χ1v) is 6.33. The average molecular weight is 268 g/mol. The van der Waals surface area contributed by atoms with Crippen LogP contribution < -0.4 is 4.74 Å². The first-order valence-electron chi connectivity index (χ1n) is 6.33. The minimum absolute atomic E-state index is 0.0753. The lowest BCUT2D eigenvalue weighted by molar-refractivity contribution is 0.274. The van der Waals surface area contributed by atoms with Crippen LogP contribution in [0, 0.1) is 5.82 Å². The molecule has 0 heterocycles. The summed E-state index contributed by atoms with van der Waals surface area (Å²) in [7, 11) is 0. The number of hydrogen-bond donors (Lipinski definition) is 1. The Balaban J connectivity index is 2.10. The summed E-state index contributed by atoms with van der Waals surface area (Å²) in [6.07, 6.45) is 0. The number of hydrogen-bond acceptors (Lipinski definition) is 2. The van der Waals surface area contributed by atoms with Crippen LogP contribution in [0.15, 0.2) is 60.7 Å². The van der Waals surface area contributed by atoms with Crippen molar-refractivity contribution in [2.75, 3.05) is 0 Å². The SMILES string of the molecule is OCc1cccc(F)c1Oc1cccc2ccccc12. The number of fused-ring (bicyclic) bond motifs is 1. The highest BCUT2D eigenvalue weighted by molar-refractivity contribution is 5.88. The number of halogens is 1. The number of ether oxygens (including phenoxy) is 1. The summed E-state index contributed by atoms with van der Waals surface area (Å²) in [4.78, 5) is 0. The molecule has 0 fully saturated rings. The van der Waals surface area contributed by atoms with Gasteiger partial charge in [0, 0.05) is 10.9 Å². The summed E-state index contributed by atoms with van der Waals surface area (Å²) < 4.78 is 19.6. The zero-order valence-electron chi connectivity index (χ0n) is 10.7. The lowest BCUT2D eigenvalue weighted by Gasteiger charge is -2.12. The van der Waals surface area contributed by atoms with Crippen LogP contribution in [0.1, 0.15) is 5.56 Å². The largest absolute Gasteiger partial charge is 0.453 e. The first-order chi connectivity index (χ1) is 9.79. The van der Waals surface area contributed by atoms with Gasteiger partial charge in [-0.3, -0.25) is 0 Å². The van der Waals surface area contributed by atoms with Crippen LogP contribution >= 0.6 is 0 Å². The Bertz CT molecular complexity index is 748. The monoisotopic (exact) mass is 268 g/mol. The fraction of sp³-hybridized carbons (Fsp3) is 0.0588. The molecule has 0 aliphatic heterocycles. The Morgan fingerprint density at radius 3 is 2.50 bits per heavy atom. The molecule has 2 nitrogen and oxygen atoms in total. The van der Waals surface area contributed by atoms with Gasteiger partial charge in [-0.25, -0.2) is 4.39 Å². The molecule has 0 radical (unpaired) electrons. The second kappa shape index (κ2) is 5.31. The summed E-state index contributed by atoms with van der Waals surface area (Å²) in [5.41, 5.74) is 0.429. The molecule has 0 unspecified atom stereocenters. The lowest BCUT2D eigenvalue weighted by Crippen LogP contribution is -1.95. The Hall–Kier alpha value is -2.39. The molecule has 0 spiro atoms. The van der Waals surface area contributed by atoms with Gasteiger partial charge in [0.2, 0.25) is 0 Å². The van der Waals surface area contributed by atoms with Gasteiger partial charge in [-0.15, -0.1) is 0 Å².